The van der Waals surface area contributed by atoms with Gasteiger partial charge in [0.05, 0.1) is 17.1 Å². The zero-order chi connectivity index (χ0) is 14.0. The number of benzene rings is 1. The summed E-state index contributed by atoms with van der Waals surface area (Å²) in [5, 5.41) is 13.0. The van der Waals surface area contributed by atoms with Crippen LogP contribution in [0.4, 0.5) is 11.4 Å². The highest BCUT2D eigenvalue weighted by Crippen LogP contribution is 2.26. The number of azo groups is 1. The van der Waals surface area contributed by atoms with Crippen molar-refractivity contribution in [1.82, 2.24) is 9.78 Å². The minimum absolute atomic E-state index is 0.206. The maximum atomic E-state index is 5.59. The Bertz CT molecular complexity index is 657. The third kappa shape index (κ3) is 2.68. The summed E-state index contributed by atoms with van der Waals surface area (Å²) in [6.45, 7) is 5.71. The van der Waals surface area contributed by atoms with Crippen molar-refractivity contribution in [2.75, 3.05) is 0 Å². The lowest BCUT2D eigenvalue weighted by atomic mass is 10.2. The molecule has 98 valence electrons. The van der Waals surface area contributed by atoms with Crippen molar-refractivity contribution in [3.63, 3.8) is 0 Å². The molecule has 0 aliphatic carbocycles. The quantitative estimate of drug-likeness (QED) is 0.674. The van der Waals surface area contributed by atoms with Crippen LogP contribution in [0, 0.1) is 20.8 Å². The summed E-state index contributed by atoms with van der Waals surface area (Å²) >= 11 is 4.93. The van der Waals surface area contributed by atoms with Crippen molar-refractivity contribution in [1.29, 1.82) is 0 Å². The minimum atomic E-state index is 0.206. The molecule has 0 fully saturated rings. The van der Waals surface area contributed by atoms with Gasteiger partial charge in [0.1, 0.15) is 5.69 Å². The van der Waals surface area contributed by atoms with E-state index in [0.29, 0.717) is 5.69 Å². The molecule has 0 radical (unpaired) electrons. The Morgan fingerprint density at radius 3 is 2.47 bits per heavy atom. The van der Waals surface area contributed by atoms with Crippen LogP contribution >= 0.6 is 12.2 Å². The Hall–Kier alpha value is -2.08. The summed E-state index contributed by atoms with van der Waals surface area (Å²) in [5.74, 6) is 0. The second kappa shape index (κ2) is 5.27. The molecule has 0 spiro atoms. The second-order valence-corrected chi connectivity index (χ2v) is 4.67. The van der Waals surface area contributed by atoms with Crippen LogP contribution in [0.2, 0.25) is 0 Å². The van der Waals surface area contributed by atoms with E-state index >= 15 is 0 Å². The number of hydrogen-bond acceptors (Lipinski definition) is 4. The lowest BCUT2D eigenvalue weighted by Gasteiger charge is -1.99. The van der Waals surface area contributed by atoms with Gasteiger partial charge in [0.25, 0.3) is 0 Å². The lowest BCUT2D eigenvalue weighted by molar-refractivity contribution is 0.886. The molecule has 6 heteroatoms. The second-order valence-electron chi connectivity index (χ2n) is 4.26. The van der Waals surface area contributed by atoms with Crippen LogP contribution in [-0.4, -0.2) is 14.9 Å². The van der Waals surface area contributed by atoms with Crippen molar-refractivity contribution < 1.29 is 0 Å². The van der Waals surface area contributed by atoms with Crippen molar-refractivity contribution in [2.45, 2.75) is 20.8 Å². The van der Waals surface area contributed by atoms with E-state index in [1.165, 1.54) is 4.68 Å². The zero-order valence-electron chi connectivity index (χ0n) is 11.1. The fourth-order valence-corrected chi connectivity index (χ4v) is 1.95. The molecule has 0 bridgehead atoms. The molecule has 2 N–H and O–H groups in total. The summed E-state index contributed by atoms with van der Waals surface area (Å²) in [5.41, 5.74) is 9.75. The van der Waals surface area contributed by atoms with Gasteiger partial charge >= 0.3 is 0 Å². The standard InChI is InChI=1S/C13H15N5S/c1-8-6-4-5-7-11(8)15-16-12-9(2)17-18(10(12)3)13(14)19/h4-7H,1-3H3,(H2,14,19). The fraction of sp³-hybridized carbons (Fsp3) is 0.231. The van der Waals surface area contributed by atoms with Gasteiger partial charge in [-0.05, 0) is 44.6 Å². The van der Waals surface area contributed by atoms with Gasteiger partial charge in [-0.3, -0.25) is 0 Å². The van der Waals surface area contributed by atoms with Gasteiger partial charge < -0.3 is 5.73 Å². The first-order chi connectivity index (χ1) is 9.00. The predicted octanol–water partition coefficient (Wildman–Crippen LogP) is 3.32. The van der Waals surface area contributed by atoms with E-state index in [2.05, 4.69) is 15.3 Å². The molecule has 5 nitrogen and oxygen atoms in total. The van der Waals surface area contributed by atoms with Crippen LogP contribution in [0.25, 0.3) is 0 Å². The maximum absolute atomic E-state index is 5.59. The molecule has 0 atom stereocenters. The molecule has 19 heavy (non-hydrogen) atoms. The Morgan fingerprint density at radius 2 is 1.89 bits per heavy atom. The van der Waals surface area contributed by atoms with E-state index in [9.17, 15) is 0 Å². The number of hydrogen-bond donors (Lipinski definition) is 1. The van der Waals surface area contributed by atoms with Gasteiger partial charge in [-0.2, -0.15) is 10.2 Å². The van der Waals surface area contributed by atoms with Crippen molar-refractivity contribution in [2.24, 2.45) is 16.0 Å². The molecular formula is C13H15N5S. The summed E-state index contributed by atoms with van der Waals surface area (Å²) < 4.78 is 1.50. The highest BCUT2D eigenvalue weighted by atomic mass is 32.1. The third-order valence-electron chi connectivity index (χ3n) is 2.84. The zero-order valence-corrected chi connectivity index (χ0v) is 11.9. The predicted molar refractivity (Wildman–Crippen MR) is 79.2 cm³/mol. The van der Waals surface area contributed by atoms with Gasteiger partial charge in [0, 0.05) is 0 Å². The van der Waals surface area contributed by atoms with Gasteiger partial charge in [0.15, 0.2) is 5.11 Å². The number of nitrogens with zero attached hydrogens (tertiary/aromatic N) is 4. The normalized spacial score (nSPS) is 11.1. The maximum Gasteiger partial charge on any atom is 0.191 e. The van der Waals surface area contributed by atoms with E-state index in [-0.39, 0.29) is 5.11 Å². The average Bonchev–Trinajstić information content (AvgIpc) is 2.65. The molecule has 0 amide bonds. The van der Waals surface area contributed by atoms with E-state index < -0.39 is 0 Å². The number of thiocarbonyl (C=S) groups is 1. The molecule has 1 aromatic carbocycles. The Morgan fingerprint density at radius 1 is 1.21 bits per heavy atom. The Kier molecular flexibility index (Phi) is 3.71. The summed E-state index contributed by atoms with van der Waals surface area (Å²) in [4.78, 5) is 0. The first kappa shape index (κ1) is 13.4. The molecule has 1 aromatic heterocycles. The molecule has 0 saturated heterocycles. The highest BCUT2D eigenvalue weighted by molar-refractivity contribution is 7.80. The number of aromatic nitrogens is 2. The van der Waals surface area contributed by atoms with E-state index in [0.717, 1.165) is 22.6 Å². The molecule has 2 aromatic rings. The highest BCUT2D eigenvalue weighted by Gasteiger charge is 2.12. The van der Waals surface area contributed by atoms with Crippen LogP contribution in [0.3, 0.4) is 0 Å². The van der Waals surface area contributed by atoms with E-state index in [1.54, 1.807) is 0 Å². The van der Waals surface area contributed by atoms with Crippen molar-refractivity contribution in [3.8, 4) is 0 Å². The Labute approximate surface area is 117 Å². The summed E-state index contributed by atoms with van der Waals surface area (Å²) in [6, 6.07) is 7.81. The molecule has 0 saturated carbocycles. The van der Waals surface area contributed by atoms with Crippen LogP contribution in [0.5, 0.6) is 0 Å². The number of aryl methyl sites for hydroxylation is 2. The summed E-state index contributed by atoms with van der Waals surface area (Å²) in [7, 11) is 0. The third-order valence-corrected chi connectivity index (χ3v) is 3.01. The minimum Gasteiger partial charge on any atom is -0.374 e. The van der Waals surface area contributed by atoms with Gasteiger partial charge in [-0.1, -0.05) is 18.2 Å². The van der Waals surface area contributed by atoms with Crippen LogP contribution in [0.1, 0.15) is 17.0 Å². The van der Waals surface area contributed by atoms with Crippen LogP contribution in [0.15, 0.2) is 34.5 Å². The molecule has 1 heterocycles. The van der Waals surface area contributed by atoms with Crippen LogP contribution in [-0.2, 0) is 0 Å². The molecule has 0 aliphatic rings. The van der Waals surface area contributed by atoms with Crippen molar-refractivity contribution in [3.05, 3.63) is 41.2 Å². The molecule has 0 aliphatic heterocycles. The van der Waals surface area contributed by atoms with E-state index in [1.807, 2.05) is 45.0 Å². The number of rotatable bonds is 2. The first-order valence-electron chi connectivity index (χ1n) is 5.84. The Balaban J connectivity index is 2.39. The lowest BCUT2D eigenvalue weighted by Crippen LogP contribution is -2.21. The van der Waals surface area contributed by atoms with Crippen LogP contribution < -0.4 is 5.73 Å². The number of nitrogens with two attached hydrogens (primary N) is 1. The van der Waals surface area contributed by atoms with Gasteiger partial charge in [-0.25, -0.2) is 4.68 Å². The first-order valence-corrected chi connectivity index (χ1v) is 6.25. The molecule has 2 rings (SSSR count). The van der Waals surface area contributed by atoms with E-state index in [4.69, 9.17) is 18.0 Å². The molecular weight excluding hydrogens is 258 g/mol. The van der Waals surface area contributed by atoms with Crippen molar-refractivity contribution >= 4 is 28.7 Å². The van der Waals surface area contributed by atoms with Gasteiger partial charge in [0.2, 0.25) is 0 Å². The summed E-state index contributed by atoms with van der Waals surface area (Å²) in [6.07, 6.45) is 0. The van der Waals surface area contributed by atoms with Gasteiger partial charge in [-0.15, -0.1) is 5.11 Å². The fourth-order valence-electron chi connectivity index (χ4n) is 1.77. The smallest absolute Gasteiger partial charge is 0.191 e. The molecule has 0 unspecified atom stereocenters. The SMILES string of the molecule is Cc1ccccc1N=Nc1c(C)nn(C(N)=S)c1C. The average molecular weight is 273 g/mol. The topological polar surface area (TPSA) is 68.6 Å². The largest absolute Gasteiger partial charge is 0.374 e. The monoisotopic (exact) mass is 273 g/mol.